The second-order valence-electron chi connectivity index (χ2n) is 8.08. The Morgan fingerprint density at radius 3 is 2.76 bits per heavy atom. The summed E-state index contributed by atoms with van der Waals surface area (Å²) in [4.78, 5) is 32.1. The summed E-state index contributed by atoms with van der Waals surface area (Å²) in [5, 5.41) is 11.5. The fraction of sp³-hybridized carbons (Fsp3) is 0.240. The number of para-hydroxylation sites is 1. The van der Waals surface area contributed by atoms with E-state index in [-0.39, 0.29) is 11.3 Å². The van der Waals surface area contributed by atoms with Gasteiger partial charge in [-0.05, 0) is 37.6 Å². The molecular weight excluding hydrogens is 438 g/mol. The molecule has 1 unspecified atom stereocenters. The number of furan rings is 2. The molecule has 9 nitrogen and oxygen atoms in total. The quantitative estimate of drug-likeness (QED) is 0.391. The lowest BCUT2D eigenvalue weighted by atomic mass is 9.99. The molecule has 1 aromatic carbocycles. The molecule has 0 radical (unpaired) electrons. The lowest BCUT2D eigenvalue weighted by Gasteiger charge is -2.24. The Kier molecular flexibility index (Phi) is 5.45. The zero-order valence-corrected chi connectivity index (χ0v) is 18.7. The van der Waals surface area contributed by atoms with E-state index in [1.807, 2.05) is 10.8 Å². The first-order valence-electron chi connectivity index (χ1n) is 10.9. The van der Waals surface area contributed by atoms with Crippen molar-refractivity contribution in [2.45, 2.75) is 25.9 Å². The molecule has 1 atom stereocenters. The number of amides is 1. The van der Waals surface area contributed by atoms with Gasteiger partial charge in [0, 0.05) is 30.9 Å². The zero-order valence-electron chi connectivity index (χ0n) is 18.7. The molecule has 34 heavy (non-hydrogen) atoms. The maximum Gasteiger partial charge on any atom is 0.290 e. The predicted molar refractivity (Wildman–Crippen MR) is 121 cm³/mol. The van der Waals surface area contributed by atoms with E-state index in [4.69, 9.17) is 13.6 Å². The largest absolute Gasteiger partial charge is 0.503 e. The number of rotatable bonds is 8. The van der Waals surface area contributed by atoms with Crippen LogP contribution in [0, 0.1) is 6.92 Å². The summed E-state index contributed by atoms with van der Waals surface area (Å²) >= 11 is 0. The number of methoxy groups -OCH3 is 1. The van der Waals surface area contributed by atoms with Crippen LogP contribution in [0.1, 0.15) is 34.5 Å². The number of ether oxygens (including phenoxy) is 1. The Morgan fingerprint density at radius 1 is 1.21 bits per heavy atom. The number of hydrogen-bond acceptors (Lipinski definition) is 7. The number of fused-ring (bicyclic) bond motifs is 1. The number of carbonyl (C=O) groups is 2. The van der Waals surface area contributed by atoms with Gasteiger partial charge in [-0.3, -0.25) is 9.59 Å². The van der Waals surface area contributed by atoms with Gasteiger partial charge in [-0.25, -0.2) is 4.98 Å². The lowest BCUT2D eigenvalue weighted by molar-refractivity contribution is -0.129. The van der Waals surface area contributed by atoms with Gasteiger partial charge in [-0.2, -0.15) is 0 Å². The van der Waals surface area contributed by atoms with E-state index in [0.29, 0.717) is 47.7 Å². The van der Waals surface area contributed by atoms with Crippen molar-refractivity contribution in [1.29, 1.82) is 0 Å². The number of carbonyl (C=O) groups excluding carboxylic acids is 2. The highest BCUT2D eigenvalue weighted by Crippen LogP contribution is 2.40. The molecule has 0 fully saturated rings. The van der Waals surface area contributed by atoms with Crippen molar-refractivity contribution >= 4 is 22.7 Å². The third-order valence-corrected chi connectivity index (χ3v) is 5.91. The highest BCUT2D eigenvalue weighted by molar-refractivity contribution is 6.16. The van der Waals surface area contributed by atoms with Gasteiger partial charge in [-0.1, -0.05) is 12.1 Å². The van der Waals surface area contributed by atoms with Crippen LogP contribution in [0.25, 0.3) is 11.0 Å². The summed E-state index contributed by atoms with van der Waals surface area (Å²) in [6, 6.07) is 9.49. The minimum Gasteiger partial charge on any atom is -0.503 e. The van der Waals surface area contributed by atoms with E-state index in [0.717, 1.165) is 0 Å². The van der Waals surface area contributed by atoms with E-state index in [2.05, 4.69) is 4.98 Å². The molecule has 0 saturated heterocycles. The fourth-order valence-electron chi connectivity index (χ4n) is 4.30. The zero-order chi connectivity index (χ0) is 23.8. The summed E-state index contributed by atoms with van der Waals surface area (Å²) in [7, 11) is 1.51. The Labute approximate surface area is 194 Å². The van der Waals surface area contributed by atoms with Crippen LogP contribution in [0.5, 0.6) is 5.75 Å². The molecule has 1 N–H and O–H groups in total. The number of benzene rings is 1. The van der Waals surface area contributed by atoms with Gasteiger partial charge in [0.2, 0.25) is 5.78 Å². The minimum atomic E-state index is -0.869. The highest BCUT2D eigenvalue weighted by Gasteiger charge is 2.45. The first-order valence-corrected chi connectivity index (χ1v) is 10.9. The van der Waals surface area contributed by atoms with Crippen LogP contribution >= 0.6 is 0 Å². The number of Topliss-reactive ketones (excluding diaryl/α,β-unsaturated/α-hetero) is 1. The van der Waals surface area contributed by atoms with Gasteiger partial charge in [-0.15, -0.1) is 0 Å². The first kappa shape index (κ1) is 21.6. The van der Waals surface area contributed by atoms with Crippen LogP contribution in [-0.4, -0.2) is 44.9 Å². The van der Waals surface area contributed by atoms with Gasteiger partial charge in [0.1, 0.15) is 17.6 Å². The van der Waals surface area contributed by atoms with Crippen LogP contribution in [0.2, 0.25) is 0 Å². The van der Waals surface area contributed by atoms with Crippen LogP contribution < -0.4 is 4.74 Å². The molecule has 1 amide bonds. The number of nitrogens with zero attached hydrogens (tertiary/aromatic N) is 3. The summed E-state index contributed by atoms with van der Waals surface area (Å²) in [6.07, 6.45) is 5.80. The summed E-state index contributed by atoms with van der Waals surface area (Å²) in [6.45, 7) is 2.71. The van der Waals surface area contributed by atoms with Gasteiger partial charge >= 0.3 is 0 Å². The van der Waals surface area contributed by atoms with Crippen LogP contribution in [0.4, 0.5) is 0 Å². The average molecular weight is 461 g/mol. The molecule has 0 bridgehead atoms. The molecule has 4 heterocycles. The molecule has 0 aliphatic carbocycles. The van der Waals surface area contributed by atoms with E-state index >= 15 is 0 Å². The molecule has 9 heteroatoms. The van der Waals surface area contributed by atoms with Crippen molar-refractivity contribution in [3.05, 3.63) is 83.7 Å². The van der Waals surface area contributed by atoms with Gasteiger partial charge in [0.25, 0.3) is 5.91 Å². The number of aryl methyl sites for hydroxylation is 2. The van der Waals surface area contributed by atoms with Crippen molar-refractivity contribution in [2.75, 3.05) is 13.7 Å². The number of hydrogen-bond donors (Lipinski definition) is 1. The average Bonchev–Trinajstić information content (AvgIpc) is 3.62. The number of aliphatic hydroxyl groups excluding tert-OH is 1. The molecule has 174 valence electrons. The van der Waals surface area contributed by atoms with Crippen molar-refractivity contribution in [3.8, 4) is 5.75 Å². The Morgan fingerprint density at radius 2 is 2.06 bits per heavy atom. The Bertz CT molecular complexity index is 1400. The molecule has 0 spiro atoms. The van der Waals surface area contributed by atoms with Gasteiger partial charge < -0.3 is 28.1 Å². The standard InChI is InChI=1S/C25H23N3O6/c1-15-7-8-17(33-15)21-20(22(29)19-13-16-5-3-6-18(32-2)24(16)34-19)23(30)25(31)28(21)11-4-10-27-12-9-26-14-27/h3,5-9,12-14,21,30H,4,10-11H2,1-2H3. The number of ketones is 1. The Balaban J connectivity index is 1.50. The van der Waals surface area contributed by atoms with Crippen molar-refractivity contribution in [1.82, 2.24) is 14.5 Å². The number of aromatic nitrogens is 2. The molecule has 1 aliphatic heterocycles. The molecular formula is C25H23N3O6. The van der Waals surface area contributed by atoms with E-state index in [1.165, 1.54) is 12.0 Å². The lowest BCUT2D eigenvalue weighted by Crippen LogP contribution is -2.32. The van der Waals surface area contributed by atoms with Crippen molar-refractivity contribution < 1.29 is 28.3 Å². The van der Waals surface area contributed by atoms with Crippen molar-refractivity contribution in [3.63, 3.8) is 0 Å². The highest BCUT2D eigenvalue weighted by atomic mass is 16.5. The second kappa shape index (κ2) is 8.58. The van der Waals surface area contributed by atoms with E-state index in [9.17, 15) is 14.7 Å². The maximum atomic E-state index is 13.6. The minimum absolute atomic E-state index is 0.00222. The Hall–Kier alpha value is -4.27. The van der Waals surface area contributed by atoms with Crippen LogP contribution in [0.3, 0.4) is 0 Å². The van der Waals surface area contributed by atoms with E-state index < -0.39 is 23.5 Å². The third-order valence-electron chi connectivity index (χ3n) is 5.91. The number of aliphatic hydroxyl groups is 1. The van der Waals surface area contributed by atoms with Gasteiger partial charge in [0.15, 0.2) is 22.9 Å². The van der Waals surface area contributed by atoms with Gasteiger partial charge in [0.05, 0.1) is 19.0 Å². The molecule has 1 aliphatic rings. The normalized spacial score (nSPS) is 16.1. The molecule has 5 rings (SSSR count). The predicted octanol–water partition coefficient (Wildman–Crippen LogP) is 4.21. The molecule has 4 aromatic rings. The smallest absolute Gasteiger partial charge is 0.290 e. The van der Waals surface area contributed by atoms with Crippen molar-refractivity contribution in [2.24, 2.45) is 0 Å². The number of imidazole rings is 1. The summed E-state index contributed by atoms with van der Waals surface area (Å²) < 4.78 is 18.8. The third kappa shape index (κ3) is 3.64. The van der Waals surface area contributed by atoms with Crippen LogP contribution in [0.15, 0.2) is 75.3 Å². The van der Waals surface area contributed by atoms with E-state index in [1.54, 1.807) is 55.8 Å². The maximum absolute atomic E-state index is 13.6. The SMILES string of the molecule is COc1cccc2cc(C(=O)C3=C(O)C(=O)N(CCCn4ccnc4)C3c3ccc(C)o3)oc12. The van der Waals surface area contributed by atoms with Crippen LogP contribution in [-0.2, 0) is 11.3 Å². The summed E-state index contributed by atoms with van der Waals surface area (Å²) in [5.74, 6) is -0.290. The first-order chi connectivity index (χ1) is 16.5. The molecule has 3 aromatic heterocycles. The fourth-order valence-corrected chi connectivity index (χ4v) is 4.30. The summed E-state index contributed by atoms with van der Waals surface area (Å²) in [5.41, 5.74) is 0.348. The monoisotopic (exact) mass is 461 g/mol. The topological polar surface area (TPSA) is 111 Å². The molecule has 0 saturated carbocycles. The second-order valence-corrected chi connectivity index (χ2v) is 8.08.